The molecule has 0 radical (unpaired) electrons. The fraction of sp³-hybridized carbons (Fsp3) is 0.500. The Morgan fingerprint density at radius 2 is 2.00 bits per heavy atom. The molecular formula is C16H22N4O4. The molecule has 2 N–H and O–H groups in total. The molecule has 0 aliphatic carbocycles. The van der Waals surface area contributed by atoms with Gasteiger partial charge in [-0.1, -0.05) is 19.9 Å². The van der Waals surface area contributed by atoms with Crippen LogP contribution in [0.1, 0.15) is 39.5 Å². The highest BCUT2D eigenvalue weighted by molar-refractivity contribution is 5.78. The van der Waals surface area contributed by atoms with Crippen molar-refractivity contribution in [1.82, 2.24) is 19.5 Å². The topological polar surface area (TPSA) is 106 Å². The molecule has 0 aromatic carbocycles. The summed E-state index contributed by atoms with van der Waals surface area (Å²) >= 11 is 0. The molecule has 24 heavy (non-hydrogen) atoms. The molecule has 0 unspecified atom stereocenters. The molecule has 2 aromatic heterocycles. The Labute approximate surface area is 139 Å². The lowest BCUT2D eigenvalue weighted by Crippen LogP contribution is -2.49. The van der Waals surface area contributed by atoms with Crippen molar-refractivity contribution in [3.8, 4) is 0 Å². The third-order valence-electron chi connectivity index (χ3n) is 4.29. The number of carbonyl (C=O) groups excluding carboxylic acids is 1. The first-order valence-corrected chi connectivity index (χ1v) is 7.98. The van der Waals surface area contributed by atoms with Gasteiger partial charge in [-0.05, 0) is 25.0 Å². The van der Waals surface area contributed by atoms with Crippen molar-refractivity contribution in [3.05, 3.63) is 34.9 Å². The number of carbonyl (C=O) groups is 2. The summed E-state index contributed by atoms with van der Waals surface area (Å²) in [6, 6.07) is 5.22. The van der Waals surface area contributed by atoms with Gasteiger partial charge >= 0.3 is 11.7 Å². The lowest BCUT2D eigenvalue weighted by molar-refractivity contribution is -0.139. The van der Waals surface area contributed by atoms with Crippen LogP contribution in [0.4, 0.5) is 0 Å². The van der Waals surface area contributed by atoms with E-state index in [2.05, 4.69) is 10.4 Å². The summed E-state index contributed by atoms with van der Waals surface area (Å²) in [7, 11) is 0. The second-order valence-electron chi connectivity index (χ2n) is 5.79. The van der Waals surface area contributed by atoms with E-state index in [9.17, 15) is 14.4 Å². The van der Waals surface area contributed by atoms with Gasteiger partial charge in [0.15, 0.2) is 5.65 Å². The number of aromatic nitrogens is 3. The van der Waals surface area contributed by atoms with Crippen molar-refractivity contribution >= 4 is 17.5 Å². The average Bonchev–Trinajstić information content (AvgIpc) is 2.88. The maximum atomic E-state index is 12.2. The molecule has 0 saturated carbocycles. The summed E-state index contributed by atoms with van der Waals surface area (Å²) in [6.07, 6.45) is 2.60. The largest absolute Gasteiger partial charge is 0.481 e. The van der Waals surface area contributed by atoms with Gasteiger partial charge in [-0.3, -0.25) is 14.0 Å². The van der Waals surface area contributed by atoms with Gasteiger partial charge in [-0.2, -0.15) is 0 Å². The number of carboxylic acids is 1. The number of fused-ring (bicyclic) bond motifs is 1. The van der Waals surface area contributed by atoms with Crippen molar-refractivity contribution in [3.63, 3.8) is 0 Å². The number of hydrogen-bond acceptors (Lipinski definition) is 4. The van der Waals surface area contributed by atoms with Crippen LogP contribution >= 0.6 is 0 Å². The van der Waals surface area contributed by atoms with Crippen molar-refractivity contribution in [1.29, 1.82) is 0 Å². The molecule has 2 aromatic rings. The average molecular weight is 334 g/mol. The Bertz CT molecular complexity index is 789. The van der Waals surface area contributed by atoms with E-state index >= 15 is 0 Å². The molecule has 8 nitrogen and oxygen atoms in total. The second kappa shape index (κ2) is 7.29. The zero-order valence-electron chi connectivity index (χ0n) is 13.9. The fourth-order valence-corrected chi connectivity index (χ4v) is 2.69. The van der Waals surface area contributed by atoms with Gasteiger partial charge in [-0.15, -0.1) is 5.10 Å². The minimum atomic E-state index is -0.949. The van der Waals surface area contributed by atoms with Crippen LogP contribution in [0.2, 0.25) is 0 Å². The first kappa shape index (κ1) is 17.7. The second-order valence-corrected chi connectivity index (χ2v) is 5.79. The van der Waals surface area contributed by atoms with Gasteiger partial charge in [-0.25, -0.2) is 9.48 Å². The number of aliphatic carboxylic acids is 1. The molecule has 2 rings (SSSR count). The number of nitrogens with zero attached hydrogens (tertiary/aromatic N) is 3. The number of pyridine rings is 1. The molecule has 0 fully saturated rings. The molecule has 0 aliphatic rings. The quantitative estimate of drug-likeness (QED) is 0.750. The summed E-state index contributed by atoms with van der Waals surface area (Å²) in [5, 5.41) is 16.0. The Morgan fingerprint density at radius 3 is 2.58 bits per heavy atom. The highest BCUT2D eigenvalue weighted by atomic mass is 16.4. The van der Waals surface area contributed by atoms with E-state index in [1.165, 1.54) is 9.08 Å². The highest BCUT2D eigenvalue weighted by Gasteiger charge is 2.30. The number of aryl methyl sites for hydroxylation is 1. The van der Waals surface area contributed by atoms with Gasteiger partial charge in [0.25, 0.3) is 0 Å². The molecule has 8 heteroatoms. The van der Waals surface area contributed by atoms with Crippen LogP contribution in [0.5, 0.6) is 0 Å². The van der Waals surface area contributed by atoms with Crippen LogP contribution in [0.15, 0.2) is 29.2 Å². The van der Waals surface area contributed by atoms with Gasteiger partial charge in [0.05, 0.1) is 13.0 Å². The van der Waals surface area contributed by atoms with Crippen LogP contribution in [0.3, 0.4) is 0 Å². The fourth-order valence-electron chi connectivity index (χ4n) is 2.69. The van der Waals surface area contributed by atoms with E-state index in [1.54, 1.807) is 24.4 Å². The zero-order valence-corrected chi connectivity index (χ0v) is 13.9. The Kier molecular flexibility index (Phi) is 5.38. The number of hydrogen-bond donors (Lipinski definition) is 2. The maximum absolute atomic E-state index is 12.2. The van der Waals surface area contributed by atoms with Crippen molar-refractivity contribution < 1.29 is 14.7 Å². The third kappa shape index (κ3) is 3.81. The van der Waals surface area contributed by atoms with Crippen molar-refractivity contribution in [2.75, 3.05) is 0 Å². The molecular weight excluding hydrogens is 312 g/mol. The monoisotopic (exact) mass is 334 g/mol. The summed E-state index contributed by atoms with van der Waals surface area (Å²) in [5.41, 5.74) is -0.543. The summed E-state index contributed by atoms with van der Waals surface area (Å²) in [5.74, 6) is -1.24. The van der Waals surface area contributed by atoms with Gasteiger partial charge in [0.2, 0.25) is 5.91 Å². The number of rotatable bonds is 8. The first-order valence-electron chi connectivity index (χ1n) is 7.98. The van der Waals surface area contributed by atoms with Crippen LogP contribution < -0.4 is 11.0 Å². The normalized spacial score (nSPS) is 11.6. The van der Waals surface area contributed by atoms with Crippen molar-refractivity contribution in [2.45, 2.75) is 51.6 Å². The minimum Gasteiger partial charge on any atom is -0.481 e. The smallest absolute Gasteiger partial charge is 0.350 e. The molecule has 1 amide bonds. The number of amides is 1. The third-order valence-corrected chi connectivity index (χ3v) is 4.29. The van der Waals surface area contributed by atoms with E-state index < -0.39 is 11.5 Å². The van der Waals surface area contributed by atoms with E-state index in [4.69, 9.17) is 5.11 Å². The molecule has 2 heterocycles. The number of nitrogens with one attached hydrogen (secondary N) is 1. The Balaban J connectivity index is 2.05. The zero-order chi connectivity index (χ0) is 17.7. The molecule has 0 spiro atoms. The molecule has 0 aliphatic heterocycles. The lowest BCUT2D eigenvalue weighted by Gasteiger charge is -2.31. The standard InChI is InChI=1S/C16H22N4O4/c1-3-16(4-2,11-14(22)23)17-13(21)8-10-20-15(24)19-9-6-5-7-12(19)18-20/h5-7,9H,3-4,8,10-11H2,1-2H3,(H,17,21)(H,22,23). The van der Waals surface area contributed by atoms with Crippen LogP contribution in [0.25, 0.3) is 5.65 Å². The van der Waals surface area contributed by atoms with E-state index in [1.807, 2.05) is 13.8 Å². The Morgan fingerprint density at radius 1 is 1.29 bits per heavy atom. The SMILES string of the molecule is CCC(CC)(CC(=O)O)NC(=O)CCn1nc2ccccn2c1=O. The molecule has 130 valence electrons. The van der Waals surface area contributed by atoms with E-state index in [0.717, 1.165) is 0 Å². The lowest BCUT2D eigenvalue weighted by atomic mass is 9.89. The summed E-state index contributed by atoms with van der Waals surface area (Å²) in [6.45, 7) is 3.83. The summed E-state index contributed by atoms with van der Waals surface area (Å²) < 4.78 is 2.65. The van der Waals surface area contributed by atoms with E-state index in [-0.39, 0.29) is 31.0 Å². The summed E-state index contributed by atoms with van der Waals surface area (Å²) in [4.78, 5) is 35.4. The molecule has 0 saturated heterocycles. The van der Waals surface area contributed by atoms with Gasteiger partial charge in [0.1, 0.15) is 0 Å². The maximum Gasteiger partial charge on any atom is 0.350 e. The van der Waals surface area contributed by atoms with Crippen molar-refractivity contribution in [2.24, 2.45) is 0 Å². The number of carboxylic acid groups (broad SMARTS) is 1. The van der Waals surface area contributed by atoms with Gasteiger partial charge in [0, 0.05) is 18.2 Å². The van der Waals surface area contributed by atoms with Crippen LogP contribution in [-0.2, 0) is 16.1 Å². The van der Waals surface area contributed by atoms with E-state index in [0.29, 0.717) is 18.5 Å². The highest BCUT2D eigenvalue weighted by Crippen LogP contribution is 2.20. The predicted octanol–water partition coefficient (Wildman–Crippen LogP) is 1.04. The predicted molar refractivity (Wildman–Crippen MR) is 87.8 cm³/mol. The van der Waals surface area contributed by atoms with Gasteiger partial charge < -0.3 is 10.4 Å². The van der Waals surface area contributed by atoms with Crippen LogP contribution in [0, 0.1) is 0 Å². The molecule has 0 atom stereocenters. The molecule has 0 bridgehead atoms. The first-order chi connectivity index (χ1) is 11.4. The minimum absolute atomic E-state index is 0.0607. The van der Waals surface area contributed by atoms with Crippen LogP contribution in [-0.4, -0.2) is 36.7 Å². The Hall–Kier alpha value is -2.64.